The van der Waals surface area contributed by atoms with E-state index in [1.54, 1.807) is 26.0 Å². The first-order valence-corrected chi connectivity index (χ1v) is 7.93. The molecule has 0 heterocycles. The lowest BCUT2D eigenvalue weighted by Gasteiger charge is -2.18. The average Bonchev–Trinajstić information content (AvgIpc) is 2.40. The minimum absolute atomic E-state index is 0.268. The van der Waals surface area contributed by atoms with Crippen molar-refractivity contribution in [3.05, 3.63) is 29.8 Å². The molecule has 0 atom stereocenters. The number of hydrogen-bond donors (Lipinski definition) is 1. The van der Waals surface area contributed by atoms with E-state index in [2.05, 4.69) is 0 Å². The summed E-state index contributed by atoms with van der Waals surface area (Å²) in [6, 6.07) is 6.31. The molecule has 6 nitrogen and oxygen atoms in total. The number of amides is 1. The molecule has 1 amide bonds. The largest absolute Gasteiger partial charge is 0.494 e. The lowest BCUT2D eigenvalue weighted by Crippen LogP contribution is -2.43. The Kier molecular flexibility index (Phi) is 5.97. The Balaban J connectivity index is 2.80. The number of carbonyl (C=O) groups is 1. The molecule has 0 radical (unpaired) electrons. The Morgan fingerprint density at radius 2 is 1.70 bits per heavy atom. The van der Waals surface area contributed by atoms with Gasteiger partial charge in [0.1, 0.15) is 5.75 Å². The highest BCUT2D eigenvalue weighted by Gasteiger charge is 2.21. The van der Waals surface area contributed by atoms with Gasteiger partial charge in [-0.2, -0.15) is 12.7 Å². The van der Waals surface area contributed by atoms with E-state index in [0.717, 1.165) is 0 Å². The van der Waals surface area contributed by atoms with E-state index in [4.69, 9.17) is 4.74 Å². The Hall–Kier alpha value is -1.60. The van der Waals surface area contributed by atoms with Crippen LogP contribution in [0.25, 0.3) is 0 Å². The topological polar surface area (TPSA) is 75.7 Å². The van der Waals surface area contributed by atoms with Crippen LogP contribution in [0.15, 0.2) is 24.3 Å². The Bertz CT molecular complexity index is 536. The predicted octanol–water partition coefficient (Wildman–Crippen LogP) is 1.40. The Labute approximate surface area is 119 Å². The van der Waals surface area contributed by atoms with Gasteiger partial charge in [-0.25, -0.2) is 4.72 Å². The van der Waals surface area contributed by atoms with Crippen LogP contribution in [0.2, 0.25) is 0 Å². The van der Waals surface area contributed by atoms with E-state index in [0.29, 0.717) is 25.4 Å². The fourth-order valence-corrected chi connectivity index (χ4v) is 2.83. The third-order valence-electron chi connectivity index (χ3n) is 2.69. The molecule has 0 bridgehead atoms. The smallest absolute Gasteiger partial charge is 0.304 e. The SMILES string of the molecule is CCOc1ccc(C(=O)NS(=O)(=O)N(CC)CC)cc1. The fourth-order valence-electron chi connectivity index (χ4n) is 1.67. The van der Waals surface area contributed by atoms with Crippen molar-refractivity contribution in [3.8, 4) is 5.75 Å². The molecule has 112 valence electrons. The molecule has 0 aromatic heterocycles. The molecule has 0 fully saturated rings. The molecule has 0 saturated carbocycles. The average molecular weight is 300 g/mol. The summed E-state index contributed by atoms with van der Waals surface area (Å²) < 4.78 is 32.3. The van der Waals surface area contributed by atoms with Crippen LogP contribution in [0.1, 0.15) is 31.1 Å². The standard InChI is InChI=1S/C13H20N2O4S/c1-4-15(5-2)20(17,18)14-13(16)11-7-9-12(10-8-11)19-6-3/h7-10H,4-6H2,1-3H3,(H,14,16). The summed E-state index contributed by atoms with van der Waals surface area (Å²) in [6.07, 6.45) is 0. The summed E-state index contributed by atoms with van der Waals surface area (Å²) in [5.41, 5.74) is 0.268. The minimum Gasteiger partial charge on any atom is -0.494 e. The first-order chi connectivity index (χ1) is 9.44. The van der Waals surface area contributed by atoms with Crippen molar-refractivity contribution in [3.63, 3.8) is 0 Å². The summed E-state index contributed by atoms with van der Waals surface area (Å²) in [5, 5.41) is 0. The molecule has 0 aliphatic heterocycles. The van der Waals surface area contributed by atoms with Crippen LogP contribution in [-0.2, 0) is 10.2 Å². The van der Waals surface area contributed by atoms with Crippen molar-refractivity contribution in [2.75, 3.05) is 19.7 Å². The van der Waals surface area contributed by atoms with E-state index < -0.39 is 16.1 Å². The molecule has 1 aromatic rings. The van der Waals surface area contributed by atoms with Crippen molar-refractivity contribution in [1.82, 2.24) is 9.03 Å². The maximum absolute atomic E-state index is 11.9. The molecular weight excluding hydrogens is 280 g/mol. The normalized spacial score (nSPS) is 11.4. The quantitative estimate of drug-likeness (QED) is 0.826. The zero-order chi connectivity index (χ0) is 15.2. The van der Waals surface area contributed by atoms with Crippen LogP contribution in [0, 0.1) is 0 Å². The molecule has 1 aromatic carbocycles. The lowest BCUT2D eigenvalue weighted by atomic mass is 10.2. The molecule has 0 aliphatic rings. The van der Waals surface area contributed by atoms with Gasteiger partial charge in [0.2, 0.25) is 0 Å². The summed E-state index contributed by atoms with van der Waals surface area (Å²) in [4.78, 5) is 11.9. The van der Waals surface area contributed by atoms with Crippen molar-refractivity contribution in [1.29, 1.82) is 0 Å². The van der Waals surface area contributed by atoms with Gasteiger partial charge in [0.25, 0.3) is 5.91 Å². The van der Waals surface area contributed by atoms with E-state index >= 15 is 0 Å². The molecule has 20 heavy (non-hydrogen) atoms. The molecule has 1 rings (SSSR count). The highest BCUT2D eigenvalue weighted by Crippen LogP contribution is 2.12. The van der Waals surface area contributed by atoms with Gasteiger partial charge in [0, 0.05) is 18.7 Å². The van der Waals surface area contributed by atoms with Gasteiger partial charge in [0.15, 0.2) is 0 Å². The van der Waals surface area contributed by atoms with E-state index in [-0.39, 0.29) is 5.56 Å². The van der Waals surface area contributed by atoms with Gasteiger partial charge in [-0.1, -0.05) is 13.8 Å². The van der Waals surface area contributed by atoms with Gasteiger partial charge in [0.05, 0.1) is 6.61 Å². The fraction of sp³-hybridized carbons (Fsp3) is 0.462. The number of nitrogens with zero attached hydrogens (tertiary/aromatic N) is 1. The molecule has 0 unspecified atom stereocenters. The third kappa shape index (κ3) is 4.21. The van der Waals surface area contributed by atoms with Gasteiger partial charge in [-0.3, -0.25) is 4.79 Å². The number of ether oxygens (including phenoxy) is 1. The van der Waals surface area contributed by atoms with Crippen LogP contribution in [-0.4, -0.2) is 38.3 Å². The van der Waals surface area contributed by atoms with Crippen molar-refractivity contribution >= 4 is 16.1 Å². The second-order valence-corrected chi connectivity index (χ2v) is 5.65. The summed E-state index contributed by atoms with van der Waals surface area (Å²) in [7, 11) is -3.79. The first kappa shape index (κ1) is 16.5. The van der Waals surface area contributed by atoms with Crippen molar-refractivity contribution in [2.45, 2.75) is 20.8 Å². The first-order valence-electron chi connectivity index (χ1n) is 6.49. The number of rotatable bonds is 7. The number of hydrogen-bond acceptors (Lipinski definition) is 4. The summed E-state index contributed by atoms with van der Waals surface area (Å²) in [6.45, 7) is 6.43. The number of nitrogens with one attached hydrogen (secondary N) is 1. The Morgan fingerprint density at radius 3 is 2.15 bits per heavy atom. The van der Waals surface area contributed by atoms with Crippen molar-refractivity contribution in [2.24, 2.45) is 0 Å². The Morgan fingerprint density at radius 1 is 1.15 bits per heavy atom. The monoisotopic (exact) mass is 300 g/mol. The van der Waals surface area contributed by atoms with E-state index in [1.165, 1.54) is 16.4 Å². The number of carbonyl (C=O) groups excluding carboxylic acids is 1. The molecule has 1 N–H and O–H groups in total. The van der Waals surface area contributed by atoms with Crippen LogP contribution in [0.3, 0.4) is 0 Å². The molecule has 0 spiro atoms. The molecule has 7 heteroatoms. The maximum Gasteiger partial charge on any atom is 0.304 e. The summed E-state index contributed by atoms with van der Waals surface area (Å²) in [5.74, 6) is -0.0180. The molecular formula is C13H20N2O4S. The maximum atomic E-state index is 11.9. The zero-order valence-electron chi connectivity index (χ0n) is 11.9. The molecule has 0 aliphatic carbocycles. The highest BCUT2D eigenvalue weighted by atomic mass is 32.2. The lowest BCUT2D eigenvalue weighted by molar-refractivity contribution is 0.0979. The third-order valence-corrected chi connectivity index (χ3v) is 4.33. The predicted molar refractivity (Wildman–Crippen MR) is 76.9 cm³/mol. The highest BCUT2D eigenvalue weighted by molar-refractivity contribution is 7.87. The van der Waals surface area contributed by atoms with E-state index in [9.17, 15) is 13.2 Å². The summed E-state index contributed by atoms with van der Waals surface area (Å²) >= 11 is 0. The minimum atomic E-state index is -3.79. The van der Waals surface area contributed by atoms with E-state index in [1.807, 2.05) is 11.6 Å². The van der Waals surface area contributed by atoms with Gasteiger partial charge >= 0.3 is 10.2 Å². The number of benzene rings is 1. The van der Waals surface area contributed by atoms with Crippen LogP contribution >= 0.6 is 0 Å². The van der Waals surface area contributed by atoms with Gasteiger partial charge in [-0.15, -0.1) is 0 Å². The van der Waals surface area contributed by atoms with Crippen LogP contribution < -0.4 is 9.46 Å². The second kappa shape index (κ2) is 7.25. The van der Waals surface area contributed by atoms with Gasteiger partial charge in [-0.05, 0) is 31.2 Å². The van der Waals surface area contributed by atoms with Crippen LogP contribution in [0.4, 0.5) is 0 Å². The van der Waals surface area contributed by atoms with Crippen molar-refractivity contribution < 1.29 is 17.9 Å². The van der Waals surface area contributed by atoms with Crippen LogP contribution in [0.5, 0.6) is 5.75 Å². The second-order valence-electron chi connectivity index (χ2n) is 3.98. The molecule has 0 saturated heterocycles. The van der Waals surface area contributed by atoms with Gasteiger partial charge < -0.3 is 4.74 Å². The zero-order valence-corrected chi connectivity index (χ0v) is 12.7.